The van der Waals surface area contributed by atoms with Gasteiger partial charge in [-0.05, 0) is 37.1 Å². The number of aromatic carboxylic acids is 1. The smallest absolute Gasteiger partial charge is 0.335 e. The molecule has 2 heterocycles. The number of carbonyl (C=O) groups excluding carboxylic acids is 1. The van der Waals surface area contributed by atoms with Crippen molar-refractivity contribution in [1.29, 1.82) is 0 Å². The van der Waals surface area contributed by atoms with Gasteiger partial charge in [-0.15, -0.1) is 0 Å². The van der Waals surface area contributed by atoms with E-state index in [4.69, 9.17) is 5.11 Å². The van der Waals surface area contributed by atoms with E-state index in [2.05, 4.69) is 0 Å². The largest absolute Gasteiger partial charge is 0.478 e. The van der Waals surface area contributed by atoms with Crippen molar-refractivity contribution in [3.63, 3.8) is 0 Å². The summed E-state index contributed by atoms with van der Waals surface area (Å²) in [4.78, 5) is 24.5. The maximum absolute atomic E-state index is 12.6. The van der Waals surface area contributed by atoms with E-state index in [0.717, 1.165) is 6.42 Å². The summed E-state index contributed by atoms with van der Waals surface area (Å²) in [5.74, 6) is -0.998. The first-order valence-electron chi connectivity index (χ1n) is 7.44. The van der Waals surface area contributed by atoms with E-state index >= 15 is 0 Å². The molecular weight excluding hydrogens is 320 g/mol. The van der Waals surface area contributed by atoms with E-state index in [1.54, 1.807) is 11.8 Å². The van der Waals surface area contributed by atoms with Gasteiger partial charge >= 0.3 is 5.97 Å². The highest BCUT2D eigenvalue weighted by Gasteiger charge is 2.42. The maximum atomic E-state index is 12.6. The van der Waals surface area contributed by atoms with Gasteiger partial charge in [-0.1, -0.05) is 0 Å². The molecule has 0 atom stereocenters. The van der Waals surface area contributed by atoms with Gasteiger partial charge in [-0.25, -0.2) is 13.2 Å². The molecule has 2 aliphatic heterocycles. The van der Waals surface area contributed by atoms with Gasteiger partial charge in [0.25, 0.3) is 0 Å². The minimum atomic E-state index is -3.65. The second-order valence-corrected chi connectivity index (χ2v) is 7.86. The third-order valence-corrected chi connectivity index (χ3v) is 6.41. The number of sulfonamides is 1. The fraction of sp³-hybridized carbons (Fsp3) is 0.467. The molecule has 0 saturated carbocycles. The number of aryl methyl sites for hydroxylation is 1. The second kappa shape index (κ2) is 5.61. The van der Waals surface area contributed by atoms with Crippen molar-refractivity contribution in [2.24, 2.45) is 0 Å². The number of carboxylic acids is 1. The SMILES string of the molecule is Cc1cc(C(=O)O)ccc1S(=O)(=O)N1CC(N2CCCC2=O)C1. The number of hydrogen-bond donors (Lipinski definition) is 1. The molecule has 23 heavy (non-hydrogen) atoms. The molecule has 2 saturated heterocycles. The monoisotopic (exact) mass is 338 g/mol. The van der Waals surface area contributed by atoms with Crippen LogP contribution in [0.15, 0.2) is 23.1 Å². The zero-order valence-electron chi connectivity index (χ0n) is 12.7. The molecule has 1 aromatic rings. The van der Waals surface area contributed by atoms with Gasteiger partial charge in [0.15, 0.2) is 0 Å². The molecule has 2 aliphatic rings. The van der Waals surface area contributed by atoms with Crippen LogP contribution in [0, 0.1) is 6.92 Å². The standard InChI is InChI=1S/C15H18N2O5S/c1-10-7-11(15(19)20)4-5-13(10)23(21,22)16-8-12(9-16)17-6-2-3-14(17)18/h4-5,7,12H,2-3,6,8-9H2,1H3,(H,19,20). The molecule has 8 heteroatoms. The average Bonchev–Trinajstić information content (AvgIpc) is 2.82. The van der Waals surface area contributed by atoms with Crippen LogP contribution in [0.2, 0.25) is 0 Å². The van der Waals surface area contributed by atoms with Crippen LogP contribution >= 0.6 is 0 Å². The van der Waals surface area contributed by atoms with E-state index in [9.17, 15) is 18.0 Å². The molecule has 0 unspecified atom stereocenters. The van der Waals surface area contributed by atoms with Crippen molar-refractivity contribution < 1.29 is 23.1 Å². The highest BCUT2D eigenvalue weighted by Crippen LogP contribution is 2.28. The zero-order valence-corrected chi connectivity index (χ0v) is 13.5. The summed E-state index contributed by atoms with van der Waals surface area (Å²) < 4.78 is 26.6. The number of nitrogens with zero attached hydrogens (tertiary/aromatic N) is 2. The number of carboxylic acid groups (broad SMARTS) is 1. The Morgan fingerprint density at radius 1 is 1.30 bits per heavy atom. The van der Waals surface area contributed by atoms with Crippen molar-refractivity contribution in [3.8, 4) is 0 Å². The number of carbonyl (C=O) groups is 2. The minimum absolute atomic E-state index is 0.0432. The Labute approximate surface area is 134 Å². The first-order valence-corrected chi connectivity index (χ1v) is 8.88. The molecule has 3 rings (SSSR count). The van der Waals surface area contributed by atoms with E-state index in [1.807, 2.05) is 0 Å². The highest BCUT2D eigenvalue weighted by molar-refractivity contribution is 7.89. The third kappa shape index (κ3) is 2.72. The summed E-state index contributed by atoms with van der Waals surface area (Å²) in [5.41, 5.74) is 0.469. The Hall–Kier alpha value is -1.93. The van der Waals surface area contributed by atoms with Gasteiger partial charge < -0.3 is 10.0 Å². The summed E-state index contributed by atoms with van der Waals surface area (Å²) in [7, 11) is -3.65. The van der Waals surface area contributed by atoms with Crippen molar-refractivity contribution in [3.05, 3.63) is 29.3 Å². The van der Waals surface area contributed by atoms with Gasteiger partial charge in [0.2, 0.25) is 15.9 Å². The topological polar surface area (TPSA) is 95.0 Å². The zero-order chi connectivity index (χ0) is 16.8. The van der Waals surface area contributed by atoms with Gasteiger partial charge in [0.1, 0.15) is 0 Å². The summed E-state index contributed by atoms with van der Waals surface area (Å²) in [6.45, 7) is 2.88. The van der Waals surface area contributed by atoms with Crippen LogP contribution in [0.25, 0.3) is 0 Å². The molecule has 0 bridgehead atoms. The predicted molar refractivity (Wildman–Crippen MR) is 81.6 cm³/mol. The normalized spacial score (nSPS) is 19.9. The third-order valence-electron chi connectivity index (χ3n) is 4.42. The molecule has 1 N–H and O–H groups in total. The second-order valence-electron chi connectivity index (χ2n) is 5.95. The Balaban J connectivity index is 1.76. The van der Waals surface area contributed by atoms with Crippen molar-refractivity contribution >= 4 is 21.9 Å². The summed E-state index contributed by atoms with van der Waals surface area (Å²) in [6.07, 6.45) is 1.37. The van der Waals surface area contributed by atoms with Crippen LogP contribution in [-0.2, 0) is 14.8 Å². The van der Waals surface area contributed by atoms with Gasteiger partial charge in [0, 0.05) is 26.1 Å². The quantitative estimate of drug-likeness (QED) is 0.871. The van der Waals surface area contributed by atoms with Crippen LogP contribution in [0.1, 0.15) is 28.8 Å². The van der Waals surface area contributed by atoms with Crippen LogP contribution < -0.4 is 0 Å². The van der Waals surface area contributed by atoms with Gasteiger partial charge in [0.05, 0.1) is 16.5 Å². The molecule has 7 nitrogen and oxygen atoms in total. The summed E-state index contributed by atoms with van der Waals surface area (Å²) >= 11 is 0. The summed E-state index contributed by atoms with van der Waals surface area (Å²) in [5, 5.41) is 8.95. The molecule has 0 aliphatic carbocycles. The number of benzene rings is 1. The molecule has 1 amide bonds. The van der Waals surface area contributed by atoms with Gasteiger partial charge in [-0.3, -0.25) is 4.79 Å². The average molecular weight is 338 g/mol. The van der Waals surface area contributed by atoms with Crippen LogP contribution in [0.3, 0.4) is 0 Å². The summed E-state index contributed by atoms with van der Waals surface area (Å²) in [6, 6.07) is 3.95. The van der Waals surface area contributed by atoms with E-state index < -0.39 is 16.0 Å². The fourth-order valence-electron chi connectivity index (χ4n) is 3.08. The molecular formula is C15H18N2O5S. The lowest BCUT2D eigenvalue weighted by atomic mass is 10.1. The number of rotatable bonds is 4. The minimum Gasteiger partial charge on any atom is -0.478 e. The van der Waals surface area contributed by atoms with Crippen LogP contribution in [0.4, 0.5) is 0 Å². The highest BCUT2D eigenvalue weighted by atomic mass is 32.2. The molecule has 0 radical (unpaired) electrons. The first kappa shape index (κ1) is 15.9. The molecule has 124 valence electrons. The van der Waals surface area contributed by atoms with Crippen LogP contribution in [0.5, 0.6) is 0 Å². The molecule has 0 spiro atoms. The van der Waals surface area contributed by atoms with E-state index in [0.29, 0.717) is 31.6 Å². The van der Waals surface area contributed by atoms with Crippen molar-refractivity contribution in [2.45, 2.75) is 30.7 Å². The van der Waals surface area contributed by atoms with E-state index in [-0.39, 0.29) is 22.4 Å². The molecule has 1 aromatic carbocycles. The fourth-order valence-corrected chi connectivity index (χ4v) is 4.80. The lowest BCUT2D eigenvalue weighted by molar-refractivity contribution is -0.131. The first-order chi connectivity index (χ1) is 10.8. The molecule has 2 fully saturated rings. The Kier molecular flexibility index (Phi) is 3.89. The Morgan fingerprint density at radius 3 is 2.52 bits per heavy atom. The van der Waals surface area contributed by atoms with E-state index in [1.165, 1.54) is 22.5 Å². The predicted octanol–water partition coefficient (Wildman–Crippen LogP) is 0.689. The lowest BCUT2D eigenvalue weighted by Crippen LogP contribution is -2.61. The number of likely N-dealkylation sites (tertiary alicyclic amines) is 1. The Bertz CT molecular complexity index is 768. The van der Waals surface area contributed by atoms with Gasteiger partial charge in [-0.2, -0.15) is 4.31 Å². The van der Waals surface area contributed by atoms with Crippen LogP contribution in [-0.4, -0.2) is 60.3 Å². The Morgan fingerprint density at radius 2 is 2.00 bits per heavy atom. The van der Waals surface area contributed by atoms with Crippen molar-refractivity contribution in [2.75, 3.05) is 19.6 Å². The number of amides is 1. The van der Waals surface area contributed by atoms with Crippen molar-refractivity contribution in [1.82, 2.24) is 9.21 Å². The molecule has 0 aromatic heterocycles. The lowest BCUT2D eigenvalue weighted by Gasteiger charge is -2.43. The maximum Gasteiger partial charge on any atom is 0.335 e. The number of hydrogen-bond acceptors (Lipinski definition) is 4.